The molecule has 2 aromatic carbocycles. The molecule has 29 heavy (non-hydrogen) atoms. The standard InChI is InChI=1S/C23H21N3O3/c1-29-23(28)17-6-8-19(9-7-17)25-20-10-11-21(24-14-20)22(27)26-13-12-16-4-2-3-5-18(16)15-26/h2-11,14,25H,12-13,15H2,1H3. The van der Waals surface area contributed by atoms with Crippen molar-refractivity contribution in [1.82, 2.24) is 9.88 Å². The monoisotopic (exact) mass is 387 g/mol. The van der Waals surface area contributed by atoms with Crippen LogP contribution in [0.1, 0.15) is 32.0 Å². The quantitative estimate of drug-likeness (QED) is 0.690. The van der Waals surface area contributed by atoms with E-state index in [4.69, 9.17) is 4.74 Å². The number of nitrogens with one attached hydrogen (secondary N) is 1. The molecule has 0 atom stereocenters. The Bertz CT molecular complexity index is 1030. The predicted molar refractivity (Wildman–Crippen MR) is 110 cm³/mol. The van der Waals surface area contributed by atoms with Crippen LogP contribution in [-0.4, -0.2) is 35.4 Å². The van der Waals surface area contributed by atoms with Crippen molar-refractivity contribution < 1.29 is 14.3 Å². The maximum absolute atomic E-state index is 12.8. The van der Waals surface area contributed by atoms with Gasteiger partial charge in [-0.2, -0.15) is 0 Å². The molecule has 0 saturated carbocycles. The van der Waals surface area contributed by atoms with Crippen LogP contribution in [0.3, 0.4) is 0 Å². The number of pyridine rings is 1. The summed E-state index contributed by atoms with van der Waals surface area (Å²) in [5.74, 6) is -0.435. The number of ether oxygens (including phenoxy) is 1. The summed E-state index contributed by atoms with van der Waals surface area (Å²) in [6.45, 7) is 1.31. The van der Waals surface area contributed by atoms with Crippen LogP contribution in [0.2, 0.25) is 0 Å². The minimum Gasteiger partial charge on any atom is -0.465 e. The highest BCUT2D eigenvalue weighted by Gasteiger charge is 2.22. The van der Waals surface area contributed by atoms with E-state index in [0.29, 0.717) is 24.3 Å². The van der Waals surface area contributed by atoms with Gasteiger partial charge in [-0.05, 0) is 53.9 Å². The van der Waals surface area contributed by atoms with E-state index < -0.39 is 0 Å². The molecule has 6 heteroatoms. The van der Waals surface area contributed by atoms with E-state index in [-0.39, 0.29) is 11.9 Å². The second-order valence-corrected chi connectivity index (χ2v) is 6.87. The van der Waals surface area contributed by atoms with Gasteiger partial charge in [0.1, 0.15) is 5.69 Å². The number of anilines is 2. The fourth-order valence-electron chi connectivity index (χ4n) is 3.40. The van der Waals surface area contributed by atoms with Crippen LogP contribution in [-0.2, 0) is 17.7 Å². The van der Waals surface area contributed by atoms with Crippen LogP contribution in [0.4, 0.5) is 11.4 Å². The summed E-state index contributed by atoms with van der Waals surface area (Å²) in [7, 11) is 1.35. The van der Waals surface area contributed by atoms with E-state index in [1.807, 2.05) is 23.1 Å². The molecule has 1 N–H and O–H groups in total. The van der Waals surface area contributed by atoms with Gasteiger partial charge in [-0.1, -0.05) is 24.3 Å². The van der Waals surface area contributed by atoms with Gasteiger partial charge in [0.25, 0.3) is 5.91 Å². The first-order chi connectivity index (χ1) is 14.1. The van der Waals surface area contributed by atoms with Crippen LogP contribution in [0.25, 0.3) is 0 Å². The molecule has 0 aliphatic carbocycles. The predicted octanol–water partition coefficient (Wildman–Crippen LogP) is 3.81. The van der Waals surface area contributed by atoms with Crippen LogP contribution in [0.5, 0.6) is 0 Å². The van der Waals surface area contributed by atoms with Crippen molar-refractivity contribution in [1.29, 1.82) is 0 Å². The van der Waals surface area contributed by atoms with Crippen molar-refractivity contribution in [2.45, 2.75) is 13.0 Å². The molecule has 0 fully saturated rings. The summed E-state index contributed by atoms with van der Waals surface area (Å²) in [6.07, 6.45) is 2.50. The first kappa shape index (κ1) is 18.7. The molecular weight excluding hydrogens is 366 g/mol. The Labute approximate surface area is 169 Å². The number of rotatable bonds is 4. The molecule has 1 aromatic heterocycles. The fraction of sp³-hybridized carbons (Fsp3) is 0.174. The zero-order valence-corrected chi connectivity index (χ0v) is 16.1. The van der Waals surface area contributed by atoms with Crippen molar-refractivity contribution in [3.63, 3.8) is 0 Å². The lowest BCUT2D eigenvalue weighted by Crippen LogP contribution is -2.36. The molecule has 0 spiro atoms. The summed E-state index contributed by atoms with van der Waals surface area (Å²) in [5, 5.41) is 3.21. The third-order valence-electron chi connectivity index (χ3n) is 5.00. The highest BCUT2D eigenvalue weighted by atomic mass is 16.5. The number of methoxy groups -OCH3 is 1. The first-order valence-corrected chi connectivity index (χ1v) is 9.41. The van der Waals surface area contributed by atoms with E-state index in [9.17, 15) is 9.59 Å². The van der Waals surface area contributed by atoms with E-state index >= 15 is 0 Å². The van der Waals surface area contributed by atoms with Crippen molar-refractivity contribution in [2.24, 2.45) is 0 Å². The van der Waals surface area contributed by atoms with E-state index in [0.717, 1.165) is 17.8 Å². The first-order valence-electron chi connectivity index (χ1n) is 9.41. The van der Waals surface area contributed by atoms with Gasteiger partial charge in [-0.3, -0.25) is 4.79 Å². The SMILES string of the molecule is COC(=O)c1ccc(Nc2ccc(C(=O)N3CCc4ccccc4C3)nc2)cc1. The highest BCUT2D eigenvalue weighted by molar-refractivity contribution is 5.93. The average molecular weight is 387 g/mol. The van der Waals surface area contributed by atoms with E-state index in [1.54, 1.807) is 36.5 Å². The number of carbonyl (C=O) groups excluding carboxylic acids is 2. The molecule has 1 aliphatic rings. The maximum atomic E-state index is 12.8. The summed E-state index contributed by atoms with van der Waals surface area (Å²) in [4.78, 5) is 30.5. The molecule has 1 amide bonds. The topological polar surface area (TPSA) is 71.5 Å². The molecular formula is C23H21N3O3. The number of fused-ring (bicyclic) bond motifs is 1. The average Bonchev–Trinajstić information content (AvgIpc) is 2.79. The second-order valence-electron chi connectivity index (χ2n) is 6.87. The highest BCUT2D eigenvalue weighted by Crippen LogP contribution is 2.21. The zero-order chi connectivity index (χ0) is 20.2. The van der Waals surface area contributed by atoms with Gasteiger partial charge in [-0.15, -0.1) is 0 Å². The number of esters is 1. The molecule has 6 nitrogen and oxygen atoms in total. The molecule has 146 valence electrons. The Hall–Kier alpha value is -3.67. The molecule has 4 rings (SSSR count). The van der Waals surface area contributed by atoms with Gasteiger partial charge < -0.3 is 15.0 Å². The van der Waals surface area contributed by atoms with Crippen LogP contribution in [0, 0.1) is 0 Å². The van der Waals surface area contributed by atoms with E-state index in [1.165, 1.54) is 18.2 Å². The van der Waals surface area contributed by atoms with Crippen LogP contribution in [0.15, 0.2) is 66.9 Å². The minimum atomic E-state index is -0.374. The van der Waals surface area contributed by atoms with E-state index in [2.05, 4.69) is 22.4 Å². The molecule has 0 saturated heterocycles. The van der Waals surface area contributed by atoms with Crippen molar-refractivity contribution in [3.8, 4) is 0 Å². The smallest absolute Gasteiger partial charge is 0.337 e. The molecule has 0 bridgehead atoms. The summed E-state index contributed by atoms with van der Waals surface area (Å²) in [5.41, 5.74) is 4.99. The number of hydrogen-bond acceptors (Lipinski definition) is 5. The summed E-state index contributed by atoms with van der Waals surface area (Å²) in [6, 6.07) is 18.7. The Morgan fingerprint density at radius 1 is 0.966 bits per heavy atom. The Morgan fingerprint density at radius 3 is 2.38 bits per heavy atom. The Balaban J connectivity index is 1.41. The van der Waals surface area contributed by atoms with Crippen molar-refractivity contribution >= 4 is 23.3 Å². The maximum Gasteiger partial charge on any atom is 0.337 e. The fourth-order valence-corrected chi connectivity index (χ4v) is 3.40. The lowest BCUT2D eigenvalue weighted by Gasteiger charge is -2.28. The van der Waals surface area contributed by atoms with Crippen molar-refractivity contribution in [2.75, 3.05) is 19.0 Å². The van der Waals surface area contributed by atoms with Gasteiger partial charge in [0.2, 0.25) is 0 Å². The number of carbonyl (C=O) groups is 2. The van der Waals surface area contributed by atoms with Crippen LogP contribution < -0.4 is 5.32 Å². The molecule has 0 radical (unpaired) electrons. The summed E-state index contributed by atoms with van der Waals surface area (Å²) >= 11 is 0. The number of amides is 1. The molecule has 2 heterocycles. The summed E-state index contributed by atoms with van der Waals surface area (Å²) < 4.78 is 4.69. The lowest BCUT2D eigenvalue weighted by molar-refractivity contribution is 0.0600. The molecule has 1 aliphatic heterocycles. The molecule has 0 unspecified atom stereocenters. The van der Waals surface area contributed by atoms with Gasteiger partial charge in [-0.25, -0.2) is 9.78 Å². The third-order valence-corrected chi connectivity index (χ3v) is 5.00. The van der Waals surface area contributed by atoms with Crippen molar-refractivity contribution in [3.05, 3.63) is 89.2 Å². The number of aromatic nitrogens is 1. The normalized spacial score (nSPS) is 12.8. The minimum absolute atomic E-state index is 0.0616. The molecule has 3 aromatic rings. The van der Waals surface area contributed by atoms with Gasteiger partial charge >= 0.3 is 5.97 Å². The number of benzene rings is 2. The van der Waals surface area contributed by atoms with Crippen LogP contribution >= 0.6 is 0 Å². The van der Waals surface area contributed by atoms with Gasteiger partial charge in [0.05, 0.1) is 24.6 Å². The van der Waals surface area contributed by atoms with Gasteiger partial charge in [0, 0.05) is 18.8 Å². The largest absolute Gasteiger partial charge is 0.465 e. The number of hydrogen-bond donors (Lipinski definition) is 1. The number of nitrogens with zero attached hydrogens (tertiary/aromatic N) is 2. The Kier molecular flexibility index (Phi) is 5.24. The zero-order valence-electron chi connectivity index (χ0n) is 16.1. The lowest BCUT2D eigenvalue weighted by atomic mass is 10.00. The second kappa shape index (κ2) is 8.14. The Morgan fingerprint density at radius 2 is 1.69 bits per heavy atom. The van der Waals surface area contributed by atoms with Gasteiger partial charge in [0.15, 0.2) is 0 Å². The third kappa shape index (κ3) is 4.11.